The van der Waals surface area contributed by atoms with Gasteiger partial charge in [0, 0.05) is 5.56 Å². The molecule has 0 bridgehead atoms. The molecule has 1 aliphatic rings. The SMILES string of the molecule is COC(=O)C1=C(C)N(C)c2sc(-c3ccccc3)c([O-])[n+]2C1c1cccc(F)c1. The molecule has 1 unspecified atom stereocenters. The van der Waals surface area contributed by atoms with Gasteiger partial charge in [0.15, 0.2) is 6.04 Å². The van der Waals surface area contributed by atoms with Gasteiger partial charge in [0.1, 0.15) is 17.1 Å². The van der Waals surface area contributed by atoms with Crippen LogP contribution in [0.4, 0.5) is 9.52 Å². The number of anilines is 1. The molecule has 1 aliphatic heterocycles. The van der Waals surface area contributed by atoms with Gasteiger partial charge in [-0.1, -0.05) is 42.5 Å². The number of halogens is 1. The van der Waals surface area contributed by atoms with E-state index >= 15 is 0 Å². The van der Waals surface area contributed by atoms with Crippen molar-refractivity contribution in [3.8, 4) is 16.3 Å². The van der Waals surface area contributed by atoms with E-state index in [9.17, 15) is 14.3 Å². The number of hydrogen-bond acceptors (Lipinski definition) is 5. The number of esters is 1. The Morgan fingerprint density at radius 3 is 2.59 bits per heavy atom. The van der Waals surface area contributed by atoms with Crippen LogP contribution in [0, 0.1) is 5.82 Å². The van der Waals surface area contributed by atoms with Crippen molar-refractivity contribution in [3.63, 3.8) is 0 Å². The van der Waals surface area contributed by atoms with Crippen LogP contribution in [-0.2, 0) is 9.53 Å². The summed E-state index contributed by atoms with van der Waals surface area (Å²) in [7, 11) is 3.10. The smallest absolute Gasteiger partial charge is 0.342 e. The van der Waals surface area contributed by atoms with Crippen molar-refractivity contribution in [2.45, 2.75) is 13.0 Å². The number of thiazole rings is 1. The number of carbonyl (C=O) groups is 1. The fourth-order valence-electron chi connectivity index (χ4n) is 3.62. The molecule has 0 aliphatic carbocycles. The van der Waals surface area contributed by atoms with E-state index in [4.69, 9.17) is 4.74 Å². The average Bonchev–Trinajstić information content (AvgIpc) is 3.08. The summed E-state index contributed by atoms with van der Waals surface area (Å²) < 4.78 is 20.6. The third-order valence-corrected chi connectivity index (χ3v) is 6.40. The Hall–Kier alpha value is -3.19. The van der Waals surface area contributed by atoms with Crippen molar-refractivity contribution in [2.75, 3.05) is 19.1 Å². The number of allylic oxidation sites excluding steroid dienone is 1. The van der Waals surface area contributed by atoms with Crippen molar-refractivity contribution in [1.29, 1.82) is 0 Å². The van der Waals surface area contributed by atoms with Gasteiger partial charge in [-0.25, -0.2) is 18.7 Å². The Labute approximate surface area is 171 Å². The molecular weight excluding hydrogens is 391 g/mol. The molecule has 4 rings (SSSR count). The molecule has 0 spiro atoms. The molecule has 0 N–H and O–H groups in total. The van der Waals surface area contributed by atoms with Gasteiger partial charge < -0.3 is 9.84 Å². The molecule has 148 valence electrons. The monoisotopic (exact) mass is 410 g/mol. The Balaban J connectivity index is 2.01. The van der Waals surface area contributed by atoms with E-state index in [2.05, 4.69) is 0 Å². The maximum absolute atomic E-state index is 14.0. The molecule has 1 atom stereocenters. The molecule has 0 amide bonds. The second kappa shape index (κ2) is 7.33. The van der Waals surface area contributed by atoms with Crippen LogP contribution in [0.3, 0.4) is 0 Å². The molecule has 1 aromatic heterocycles. The third kappa shape index (κ3) is 3.07. The number of nitrogens with zero attached hydrogens (tertiary/aromatic N) is 2. The summed E-state index contributed by atoms with van der Waals surface area (Å²) in [5, 5.41) is 14.1. The lowest BCUT2D eigenvalue weighted by Gasteiger charge is -2.29. The highest BCUT2D eigenvalue weighted by Crippen LogP contribution is 2.43. The van der Waals surface area contributed by atoms with E-state index in [-0.39, 0.29) is 5.88 Å². The van der Waals surface area contributed by atoms with Gasteiger partial charge in [-0.15, -0.1) is 0 Å². The zero-order valence-electron chi connectivity index (χ0n) is 16.2. The van der Waals surface area contributed by atoms with Crippen LogP contribution in [-0.4, -0.2) is 20.1 Å². The molecule has 29 heavy (non-hydrogen) atoms. The van der Waals surface area contributed by atoms with Gasteiger partial charge in [0.05, 0.1) is 24.9 Å². The first-order chi connectivity index (χ1) is 13.9. The molecule has 0 fully saturated rings. The van der Waals surface area contributed by atoms with Crippen molar-refractivity contribution in [2.24, 2.45) is 0 Å². The summed E-state index contributed by atoms with van der Waals surface area (Å²) in [5.74, 6) is -1.21. The van der Waals surface area contributed by atoms with Crippen molar-refractivity contribution >= 4 is 22.4 Å². The summed E-state index contributed by atoms with van der Waals surface area (Å²) in [5.41, 5.74) is 2.28. The van der Waals surface area contributed by atoms with Gasteiger partial charge in [-0.2, -0.15) is 0 Å². The topological polar surface area (TPSA) is 56.5 Å². The number of ether oxygens (including phenoxy) is 1. The highest BCUT2D eigenvalue weighted by Gasteiger charge is 2.43. The number of hydrogen-bond donors (Lipinski definition) is 0. The number of benzene rings is 2. The zero-order chi connectivity index (χ0) is 20.7. The van der Waals surface area contributed by atoms with Crippen LogP contribution < -0.4 is 14.6 Å². The van der Waals surface area contributed by atoms with E-state index < -0.39 is 17.8 Å². The van der Waals surface area contributed by atoms with Gasteiger partial charge in [-0.05, 0) is 36.0 Å². The largest absolute Gasteiger partial charge is 0.841 e. The Kier molecular flexibility index (Phi) is 4.84. The standard InChI is InChI=1S/C22H19FN2O3S/c1-13-17(21(27)28-3)18(15-10-7-11-16(23)12-15)25-20(26)19(29-22(25)24(13)2)14-8-5-4-6-9-14/h4-12,18H,1-3H3. The van der Waals surface area contributed by atoms with E-state index in [0.717, 1.165) is 5.56 Å². The summed E-state index contributed by atoms with van der Waals surface area (Å²) in [6.45, 7) is 1.80. The number of rotatable bonds is 3. The van der Waals surface area contributed by atoms with Crippen LogP contribution >= 0.6 is 11.3 Å². The Morgan fingerprint density at radius 1 is 1.21 bits per heavy atom. The van der Waals surface area contributed by atoms with Crippen LogP contribution in [0.15, 0.2) is 65.9 Å². The van der Waals surface area contributed by atoms with E-state index in [1.165, 1.54) is 30.6 Å². The van der Waals surface area contributed by atoms with Crippen LogP contribution in [0.1, 0.15) is 18.5 Å². The predicted molar refractivity (Wildman–Crippen MR) is 107 cm³/mol. The first kappa shape index (κ1) is 19.1. The van der Waals surface area contributed by atoms with Crippen molar-refractivity contribution in [1.82, 2.24) is 0 Å². The maximum Gasteiger partial charge on any atom is 0.342 e. The minimum atomic E-state index is -0.773. The second-order valence-electron chi connectivity index (χ2n) is 6.76. The molecule has 7 heteroatoms. The van der Waals surface area contributed by atoms with Gasteiger partial charge in [0.2, 0.25) is 0 Å². The molecule has 5 nitrogen and oxygen atoms in total. The maximum atomic E-state index is 14.0. The fourth-order valence-corrected chi connectivity index (χ4v) is 4.81. The summed E-state index contributed by atoms with van der Waals surface area (Å²) in [6, 6.07) is 14.6. The quantitative estimate of drug-likeness (QED) is 0.491. The number of aromatic nitrogens is 1. The summed E-state index contributed by atoms with van der Waals surface area (Å²) in [6.07, 6.45) is 0. The lowest BCUT2D eigenvalue weighted by molar-refractivity contribution is -0.728. The molecule has 3 aromatic rings. The molecule has 0 radical (unpaired) electrons. The van der Waals surface area contributed by atoms with Gasteiger partial charge in [-0.3, -0.25) is 0 Å². The highest BCUT2D eigenvalue weighted by molar-refractivity contribution is 7.18. The molecule has 0 saturated carbocycles. The minimum Gasteiger partial charge on any atom is -0.841 e. The fraction of sp³-hybridized carbons (Fsp3) is 0.182. The first-order valence-electron chi connectivity index (χ1n) is 9.03. The second-order valence-corrected chi connectivity index (χ2v) is 7.74. The van der Waals surface area contributed by atoms with Crippen LogP contribution in [0.5, 0.6) is 5.88 Å². The van der Waals surface area contributed by atoms with Crippen LogP contribution in [0.25, 0.3) is 10.4 Å². The molecular formula is C22H19FN2O3S. The van der Waals surface area contributed by atoms with Crippen LogP contribution in [0.2, 0.25) is 0 Å². The lowest BCUT2D eigenvalue weighted by Crippen LogP contribution is -2.51. The zero-order valence-corrected chi connectivity index (χ0v) is 17.0. The Bertz CT molecular complexity index is 1120. The Morgan fingerprint density at radius 2 is 1.93 bits per heavy atom. The first-order valence-corrected chi connectivity index (χ1v) is 9.84. The molecule has 2 heterocycles. The number of fused-ring (bicyclic) bond motifs is 1. The average molecular weight is 410 g/mol. The van der Waals surface area contributed by atoms with Crippen molar-refractivity contribution < 1.29 is 23.6 Å². The predicted octanol–water partition coefficient (Wildman–Crippen LogP) is 3.40. The number of methoxy groups -OCH3 is 1. The molecule has 2 aromatic carbocycles. The van der Waals surface area contributed by atoms with E-state index in [1.807, 2.05) is 30.3 Å². The minimum absolute atomic E-state index is 0.230. The summed E-state index contributed by atoms with van der Waals surface area (Å²) >= 11 is 1.35. The molecule has 0 saturated heterocycles. The number of carbonyl (C=O) groups excluding carboxylic acids is 1. The van der Waals surface area contributed by atoms with E-state index in [0.29, 0.717) is 26.8 Å². The van der Waals surface area contributed by atoms with Gasteiger partial charge in [0.25, 0.3) is 0 Å². The lowest BCUT2D eigenvalue weighted by atomic mass is 9.94. The third-order valence-electron chi connectivity index (χ3n) is 5.13. The normalized spacial score (nSPS) is 16.0. The van der Waals surface area contributed by atoms with Crippen molar-refractivity contribution in [3.05, 3.63) is 77.2 Å². The van der Waals surface area contributed by atoms with E-state index in [1.54, 1.807) is 35.6 Å². The summed E-state index contributed by atoms with van der Waals surface area (Å²) in [4.78, 5) is 15.0. The van der Waals surface area contributed by atoms with Gasteiger partial charge >= 0.3 is 11.1 Å². The highest BCUT2D eigenvalue weighted by atomic mass is 32.1.